The van der Waals surface area contributed by atoms with Crippen LogP contribution in [0.25, 0.3) is 28.3 Å². The van der Waals surface area contributed by atoms with Gasteiger partial charge < -0.3 is 15.5 Å². The zero-order valence-electron chi connectivity index (χ0n) is 23.8. The number of fused-ring (bicyclic) bond motifs is 2. The van der Waals surface area contributed by atoms with Crippen LogP contribution in [0.5, 0.6) is 0 Å². The fraction of sp³-hybridized carbons (Fsp3) is 0.118. The van der Waals surface area contributed by atoms with Gasteiger partial charge in [-0.3, -0.25) is 9.20 Å². The summed E-state index contributed by atoms with van der Waals surface area (Å²) in [6.07, 6.45) is 4.65. The molecule has 0 radical (unpaired) electrons. The van der Waals surface area contributed by atoms with Crippen LogP contribution in [-0.4, -0.2) is 43.8 Å². The molecule has 0 bridgehead atoms. The van der Waals surface area contributed by atoms with Crippen LogP contribution >= 0.6 is 0 Å². The van der Waals surface area contributed by atoms with Gasteiger partial charge in [-0.05, 0) is 79.2 Å². The molecule has 10 heteroatoms. The van der Waals surface area contributed by atoms with Crippen LogP contribution in [-0.2, 0) is 13.0 Å². The Hall–Kier alpha value is -5.48. The Balaban J connectivity index is 1.23. The Bertz CT molecular complexity index is 2020. The maximum atomic E-state index is 13.7. The van der Waals surface area contributed by atoms with Gasteiger partial charge in [-0.15, -0.1) is 0 Å². The first-order chi connectivity index (χ1) is 21.4. The molecule has 0 saturated heterocycles. The first-order valence-electron chi connectivity index (χ1n) is 14.2. The lowest BCUT2D eigenvalue weighted by atomic mass is 9.99. The average Bonchev–Trinajstić information content (AvgIpc) is 3.40. The number of pyridine rings is 1. The molecule has 0 aliphatic carbocycles. The van der Waals surface area contributed by atoms with Crippen LogP contribution in [0.4, 0.5) is 26.1 Å². The molecule has 0 spiro atoms. The van der Waals surface area contributed by atoms with Gasteiger partial charge in [0.2, 0.25) is 5.95 Å². The first kappa shape index (κ1) is 27.4. The third kappa shape index (κ3) is 5.50. The molecule has 2 N–H and O–H groups in total. The summed E-state index contributed by atoms with van der Waals surface area (Å²) in [5, 5.41) is 6.09. The molecule has 0 saturated carbocycles. The minimum absolute atomic E-state index is 0.117. The molecular formula is C34H27F2N7O. The average molecular weight is 588 g/mol. The lowest BCUT2D eigenvalue weighted by Gasteiger charge is -2.25. The highest BCUT2D eigenvalue weighted by atomic mass is 19.1. The van der Waals surface area contributed by atoms with Crippen molar-refractivity contribution in [1.82, 2.24) is 24.3 Å². The zero-order chi connectivity index (χ0) is 30.2. The molecule has 44 heavy (non-hydrogen) atoms. The number of benzene rings is 3. The molecule has 8 nitrogen and oxygen atoms in total. The van der Waals surface area contributed by atoms with Crippen molar-refractivity contribution in [2.24, 2.45) is 0 Å². The molecule has 0 fully saturated rings. The Labute approximate surface area is 252 Å². The van der Waals surface area contributed by atoms with E-state index in [1.54, 1.807) is 24.4 Å². The quantitative estimate of drug-likeness (QED) is 0.225. The zero-order valence-corrected chi connectivity index (χ0v) is 23.8. The van der Waals surface area contributed by atoms with Crippen LogP contribution in [0.1, 0.15) is 21.5 Å². The van der Waals surface area contributed by atoms with Crippen molar-refractivity contribution in [2.75, 3.05) is 24.2 Å². The predicted octanol–water partition coefficient (Wildman–Crippen LogP) is 6.72. The number of aromatic nitrogens is 4. The van der Waals surface area contributed by atoms with E-state index in [4.69, 9.17) is 9.97 Å². The third-order valence-electron chi connectivity index (χ3n) is 7.61. The smallest absolute Gasteiger partial charge is 0.255 e. The number of likely N-dealkylation sites (N-methyl/N-ethyl adjacent to an activating group) is 1. The second-order valence-corrected chi connectivity index (χ2v) is 10.8. The number of nitrogens with zero attached hydrogens (tertiary/aromatic N) is 5. The largest absolute Gasteiger partial charge is 0.324 e. The number of nitrogens with one attached hydrogen (secondary N) is 2. The summed E-state index contributed by atoms with van der Waals surface area (Å²) in [6, 6.07) is 23.8. The van der Waals surface area contributed by atoms with E-state index in [9.17, 15) is 13.6 Å². The van der Waals surface area contributed by atoms with Crippen molar-refractivity contribution in [1.29, 1.82) is 0 Å². The van der Waals surface area contributed by atoms with Crippen molar-refractivity contribution in [2.45, 2.75) is 13.0 Å². The van der Waals surface area contributed by atoms with E-state index < -0.39 is 17.5 Å². The number of carbonyl (C=O) groups excluding carboxylic acids is 1. The van der Waals surface area contributed by atoms with E-state index in [1.165, 1.54) is 11.1 Å². The number of hydrogen-bond donors (Lipinski definition) is 2. The number of amides is 1. The first-order valence-corrected chi connectivity index (χ1v) is 14.2. The molecule has 0 unspecified atom stereocenters. The maximum absolute atomic E-state index is 13.7. The Morgan fingerprint density at radius 1 is 0.864 bits per heavy atom. The van der Waals surface area contributed by atoms with E-state index in [0.717, 1.165) is 54.7 Å². The fourth-order valence-corrected chi connectivity index (χ4v) is 5.53. The van der Waals surface area contributed by atoms with E-state index in [1.807, 2.05) is 40.9 Å². The van der Waals surface area contributed by atoms with Crippen LogP contribution in [0.2, 0.25) is 0 Å². The number of halogens is 2. The number of hydrogen-bond acceptors (Lipinski definition) is 6. The van der Waals surface area contributed by atoms with Crippen molar-refractivity contribution >= 4 is 28.9 Å². The van der Waals surface area contributed by atoms with Crippen molar-refractivity contribution in [3.8, 4) is 22.6 Å². The van der Waals surface area contributed by atoms with Crippen LogP contribution < -0.4 is 10.6 Å². The van der Waals surface area contributed by atoms with Gasteiger partial charge in [0.25, 0.3) is 5.91 Å². The van der Waals surface area contributed by atoms with Crippen molar-refractivity contribution in [3.63, 3.8) is 0 Å². The molecule has 0 atom stereocenters. The molecule has 1 amide bonds. The summed E-state index contributed by atoms with van der Waals surface area (Å²) in [7, 11) is 2.12. The van der Waals surface area contributed by atoms with Gasteiger partial charge in [0, 0.05) is 54.1 Å². The van der Waals surface area contributed by atoms with E-state index in [2.05, 4.69) is 45.8 Å². The fourth-order valence-electron chi connectivity index (χ4n) is 5.53. The Kier molecular flexibility index (Phi) is 7.03. The number of imidazole rings is 1. The molecule has 1 aliphatic heterocycles. The molecule has 6 aromatic rings. The Morgan fingerprint density at radius 2 is 1.73 bits per heavy atom. The molecule has 218 valence electrons. The molecule has 3 aromatic carbocycles. The predicted molar refractivity (Wildman–Crippen MR) is 166 cm³/mol. The number of carbonyl (C=O) groups is 1. The van der Waals surface area contributed by atoms with Gasteiger partial charge in [-0.2, -0.15) is 0 Å². The van der Waals surface area contributed by atoms with Crippen molar-refractivity contribution < 1.29 is 13.6 Å². The molecular weight excluding hydrogens is 560 g/mol. The summed E-state index contributed by atoms with van der Waals surface area (Å²) in [4.78, 5) is 29.3. The SMILES string of the molecule is CN1CCc2ccc(Nc3nccc(-c4c(-c5cccc(NC(=O)c6cc(F)cc(F)c6)c5)nc5ccccn45)n3)cc2C1. The molecule has 4 heterocycles. The van der Waals surface area contributed by atoms with E-state index in [0.29, 0.717) is 28.7 Å². The summed E-state index contributed by atoms with van der Waals surface area (Å²) in [5.41, 5.74) is 7.37. The topological polar surface area (TPSA) is 87.5 Å². The van der Waals surface area contributed by atoms with Crippen LogP contribution in [0.3, 0.4) is 0 Å². The van der Waals surface area contributed by atoms with Gasteiger partial charge in [-0.25, -0.2) is 23.7 Å². The van der Waals surface area contributed by atoms with Crippen LogP contribution in [0, 0.1) is 11.6 Å². The number of rotatable bonds is 6. The van der Waals surface area contributed by atoms with Crippen molar-refractivity contribution in [3.05, 3.63) is 126 Å². The van der Waals surface area contributed by atoms with Gasteiger partial charge in [0.1, 0.15) is 17.3 Å². The van der Waals surface area contributed by atoms with Gasteiger partial charge in [0.15, 0.2) is 0 Å². The summed E-state index contributed by atoms with van der Waals surface area (Å²) in [5.74, 6) is -1.82. The second-order valence-electron chi connectivity index (χ2n) is 10.8. The summed E-state index contributed by atoms with van der Waals surface area (Å²) in [6.45, 7) is 1.95. The summed E-state index contributed by atoms with van der Waals surface area (Å²) < 4.78 is 29.4. The van der Waals surface area contributed by atoms with Gasteiger partial charge >= 0.3 is 0 Å². The standard InChI is InChI=1S/C34H27F2N7O/c1-42-14-11-21-8-9-28(18-24(21)20-42)39-34-37-12-10-29(40-34)32-31(41-30-7-2-3-13-43(30)32)22-5-4-6-27(17-22)38-33(44)23-15-25(35)19-26(36)16-23/h2-10,12-13,15-19H,11,14,20H2,1H3,(H,38,44)(H,37,39,40). The monoisotopic (exact) mass is 587 g/mol. The third-order valence-corrected chi connectivity index (χ3v) is 7.61. The Morgan fingerprint density at radius 3 is 2.59 bits per heavy atom. The highest BCUT2D eigenvalue weighted by molar-refractivity contribution is 6.04. The molecule has 1 aliphatic rings. The lowest BCUT2D eigenvalue weighted by Crippen LogP contribution is -2.26. The van der Waals surface area contributed by atoms with Gasteiger partial charge in [0.05, 0.1) is 17.1 Å². The normalized spacial score (nSPS) is 13.1. The minimum atomic E-state index is -0.823. The molecule has 3 aromatic heterocycles. The van der Waals surface area contributed by atoms with Gasteiger partial charge in [-0.1, -0.05) is 24.3 Å². The lowest BCUT2D eigenvalue weighted by molar-refractivity contribution is 0.102. The van der Waals surface area contributed by atoms with E-state index in [-0.39, 0.29) is 5.56 Å². The van der Waals surface area contributed by atoms with E-state index >= 15 is 0 Å². The maximum Gasteiger partial charge on any atom is 0.255 e. The number of anilines is 3. The second kappa shape index (κ2) is 11.3. The van der Waals surface area contributed by atoms with Crippen LogP contribution in [0.15, 0.2) is 97.3 Å². The summed E-state index contributed by atoms with van der Waals surface area (Å²) >= 11 is 0. The highest BCUT2D eigenvalue weighted by Crippen LogP contribution is 2.34. The highest BCUT2D eigenvalue weighted by Gasteiger charge is 2.19. The minimum Gasteiger partial charge on any atom is -0.324 e. The molecule has 7 rings (SSSR count).